The van der Waals surface area contributed by atoms with Gasteiger partial charge in [0.15, 0.2) is 0 Å². The van der Waals surface area contributed by atoms with Gasteiger partial charge >= 0.3 is 0 Å². The minimum absolute atomic E-state index is 0.190. The lowest BCUT2D eigenvalue weighted by Gasteiger charge is -2.20. The van der Waals surface area contributed by atoms with E-state index in [2.05, 4.69) is 11.8 Å². The molecule has 0 aliphatic rings. The summed E-state index contributed by atoms with van der Waals surface area (Å²) in [6, 6.07) is 14.6. The molecule has 2 nitrogen and oxygen atoms in total. The van der Waals surface area contributed by atoms with Crippen LogP contribution in [0.25, 0.3) is 0 Å². The van der Waals surface area contributed by atoms with Gasteiger partial charge in [-0.1, -0.05) is 31.2 Å². The van der Waals surface area contributed by atoms with Gasteiger partial charge in [-0.2, -0.15) is 0 Å². The molecular weight excluding hydrogens is 239 g/mol. The highest BCUT2D eigenvalue weighted by Crippen LogP contribution is 2.12. The quantitative estimate of drug-likeness (QED) is 0.832. The lowest BCUT2D eigenvalue weighted by atomic mass is 10.1. The van der Waals surface area contributed by atoms with Gasteiger partial charge in [0.05, 0.1) is 0 Å². The SMILES string of the molecule is CCN(Cc1ccc(N)cc1)Cc1ccc(F)cc1. The summed E-state index contributed by atoms with van der Waals surface area (Å²) in [5.74, 6) is -0.190. The van der Waals surface area contributed by atoms with E-state index < -0.39 is 0 Å². The summed E-state index contributed by atoms with van der Waals surface area (Å²) in [6.45, 7) is 4.76. The summed E-state index contributed by atoms with van der Waals surface area (Å²) >= 11 is 0. The van der Waals surface area contributed by atoms with Gasteiger partial charge in [-0.25, -0.2) is 4.39 Å². The number of hydrogen-bond donors (Lipinski definition) is 1. The second kappa shape index (κ2) is 6.34. The molecule has 0 heterocycles. The van der Waals surface area contributed by atoms with E-state index >= 15 is 0 Å². The van der Waals surface area contributed by atoms with Gasteiger partial charge in [-0.15, -0.1) is 0 Å². The molecule has 0 aromatic heterocycles. The van der Waals surface area contributed by atoms with Gasteiger partial charge in [-0.3, -0.25) is 4.90 Å². The summed E-state index contributed by atoms with van der Waals surface area (Å²) in [5, 5.41) is 0. The Morgan fingerprint density at radius 2 is 1.37 bits per heavy atom. The van der Waals surface area contributed by atoms with Crippen molar-refractivity contribution in [1.82, 2.24) is 4.90 Å². The van der Waals surface area contributed by atoms with E-state index in [4.69, 9.17) is 5.73 Å². The largest absolute Gasteiger partial charge is 0.399 e. The normalized spacial score (nSPS) is 10.9. The molecule has 2 rings (SSSR count). The number of rotatable bonds is 5. The molecule has 0 aliphatic carbocycles. The lowest BCUT2D eigenvalue weighted by molar-refractivity contribution is 0.271. The smallest absolute Gasteiger partial charge is 0.123 e. The predicted octanol–water partition coefficient (Wildman–Crippen LogP) is 3.43. The Bertz CT molecular complexity index is 458. The van der Waals surface area contributed by atoms with Crippen LogP contribution in [0.1, 0.15) is 18.1 Å². The van der Waals surface area contributed by atoms with Crippen LogP contribution < -0.4 is 5.73 Å². The zero-order valence-electron chi connectivity index (χ0n) is 11.1. The maximum Gasteiger partial charge on any atom is 0.123 e. The summed E-state index contributed by atoms with van der Waals surface area (Å²) < 4.78 is 12.9. The molecule has 2 aromatic carbocycles. The van der Waals surface area contributed by atoms with E-state index in [0.29, 0.717) is 0 Å². The minimum Gasteiger partial charge on any atom is -0.399 e. The van der Waals surface area contributed by atoms with Crippen molar-refractivity contribution >= 4 is 5.69 Å². The Morgan fingerprint density at radius 1 is 0.895 bits per heavy atom. The highest BCUT2D eigenvalue weighted by molar-refractivity contribution is 5.39. The van der Waals surface area contributed by atoms with Gasteiger partial charge in [0.1, 0.15) is 5.82 Å². The van der Waals surface area contributed by atoms with Crippen molar-refractivity contribution in [2.45, 2.75) is 20.0 Å². The zero-order valence-corrected chi connectivity index (χ0v) is 11.1. The van der Waals surface area contributed by atoms with Gasteiger partial charge < -0.3 is 5.73 Å². The first-order valence-corrected chi connectivity index (χ1v) is 6.48. The molecule has 100 valence electrons. The third-order valence-electron chi connectivity index (χ3n) is 3.15. The average molecular weight is 258 g/mol. The van der Waals surface area contributed by atoms with E-state index in [1.54, 1.807) is 0 Å². The van der Waals surface area contributed by atoms with E-state index in [1.165, 1.54) is 17.7 Å². The highest BCUT2D eigenvalue weighted by Gasteiger charge is 2.05. The molecule has 19 heavy (non-hydrogen) atoms. The van der Waals surface area contributed by atoms with Gasteiger partial charge in [0, 0.05) is 18.8 Å². The second-order valence-electron chi connectivity index (χ2n) is 4.67. The number of nitrogen functional groups attached to an aromatic ring is 1. The standard InChI is InChI=1S/C16H19FN2/c1-2-19(11-13-3-7-15(17)8-4-13)12-14-5-9-16(18)10-6-14/h3-10H,2,11-12,18H2,1H3. The summed E-state index contributed by atoms with van der Waals surface area (Å²) in [4.78, 5) is 2.30. The lowest BCUT2D eigenvalue weighted by Crippen LogP contribution is -2.22. The number of anilines is 1. The van der Waals surface area contributed by atoms with Crippen molar-refractivity contribution in [2.24, 2.45) is 0 Å². The van der Waals surface area contributed by atoms with Gasteiger partial charge in [0.2, 0.25) is 0 Å². The fourth-order valence-corrected chi connectivity index (χ4v) is 2.01. The first-order valence-electron chi connectivity index (χ1n) is 6.48. The Morgan fingerprint density at radius 3 is 1.84 bits per heavy atom. The molecule has 0 bridgehead atoms. The van der Waals surface area contributed by atoms with Crippen LogP contribution >= 0.6 is 0 Å². The van der Waals surface area contributed by atoms with Crippen LogP contribution in [0, 0.1) is 5.82 Å². The number of nitrogens with zero attached hydrogens (tertiary/aromatic N) is 1. The molecule has 2 N–H and O–H groups in total. The number of benzene rings is 2. The molecular formula is C16H19FN2. The van der Waals surface area contributed by atoms with Crippen molar-refractivity contribution < 1.29 is 4.39 Å². The van der Waals surface area contributed by atoms with Crippen molar-refractivity contribution in [3.05, 3.63) is 65.5 Å². The maximum atomic E-state index is 12.9. The first-order chi connectivity index (χ1) is 9.17. The van der Waals surface area contributed by atoms with Crippen LogP contribution in [0.4, 0.5) is 10.1 Å². The highest BCUT2D eigenvalue weighted by atomic mass is 19.1. The third-order valence-corrected chi connectivity index (χ3v) is 3.15. The molecule has 0 spiro atoms. The Kier molecular flexibility index (Phi) is 4.53. The molecule has 3 heteroatoms. The summed E-state index contributed by atoms with van der Waals surface area (Å²) in [5.41, 5.74) is 8.82. The van der Waals surface area contributed by atoms with Crippen LogP contribution in [0.2, 0.25) is 0 Å². The molecule has 0 unspecified atom stereocenters. The van der Waals surface area contributed by atoms with Crippen LogP contribution in [-0.4, -0.2) is 11.4 Å². The predicted molar refractivity (Wildman–Crippen MR) is 77.0 cm³/mol. The van der Waals surface area contributed by atoms with Crippen molar-refractivity contribution in [3.63, 3.8) is 0 Å². The van der Waals surface area contributed by atoms with Crippen LogP contribution in [0.3, 0.4) is 0 Å². The van der Waals surface area contributed by atoms with Crippen LogP contribution in [0.15, 0.2) is 48.5 Å². The molecule has 0 atom stereocenters. The fraction of sp³-hybridized carbons (Fsp3) is 0.250. The average Bonchev–Trinajstić information content (AvgIpc) is 2.43. The molecule has 0 fully saturated rings. The second-order valence-corrected chi connectivity index (χ2v) is 4.67. The fourth-order valence-electron chi connectivity index (χ4n) is 2.01. The molecule has 2 aromatic rings. The van der Waals surface area contributed by atoms with Crippen LogP contribution in [-0.2, 0) is 13.1 Å². The minimum atomic E-state index is -0.190. The molecule has 0 saturated heterocycles. The number of halogens is 1. The van der Waals surface area contributed by atoms with Crippen LogP contribution in [0.5, 0.6) is 0 Å². The maximum absolute atomic E-state index is 12.9. The topological polar surface area (TPSA) is 29.3 Å². The number of nitrogens with two attached hydrogens (primary N) is 1. The van der Waals surface area contributed by atoms with E-state index in [1.807, 2.05) is 36.4 Å². The molecule has 0 saturated carbocycles. The third kappa shape index (κ3) is 4.07. The van der Waals surface area contributed by atoms with Crippen molar-refractivity contribution in [3.8, 4) is 0 Å². The first kappa shape index (κ1) is 13.6. The van der Waals surface area contributed by atoms with E-state index in [9.17, 15) is 4.39 Å². The molecule has 0 amide bonds. The van der Waals surface area contributed by atoms with E-state index in [0.717, 1.165) is 30.9 Å². The molecule has 0 aliphatic heterocycles. The van der Waals surface area contributed by atoms with Gasteiger partial charge in [0.25, 0.3) is 0 Å². The van der Waals surface area contributed by atoms with Crippen molar-refractivity contribution in [1.29, 1.82) is 0 Å². The summed E-state index contributed by atoms with van der Waals surface area (Å²) in [6.07, 6.45) is 0. The Hall–Kier alpha value is -1.87. The monoisotopic (exact) mass is 258 g/mol. The van der Waals surface area contributed by atoms with E-state index in [-0.39, 0.29) is 5.82 Å². The Balaban J connectivity index is 2.00. The summed E-state index contributed by atoms with van der Waals surface area (Å²) in [7, 11) is 0. The van der Waals surface area contributed by atoms with Crippen molar-refractivity contribution in [2.75, 3.05) is 12.3 Å². The molecule has 0 radical (unpaired) electrons. The Labute approximate surface area is 113 Å². The number of hydrogen-bond acceptors (Lipinski definition) is 2. The zero-order chi connectivity index (χ0) is 13.7. The van der Waals surface area contributed by atoms with Gasteiger partial charge in [-0.05, 0) is 41.9 Å².